The number of fused-ring (bicyclic) bond motifs is 1. The third-order valence-corrected chi connectivity index (χ3v) is 3.23. The van der Waals surface area contributed by atoms with Crippen molar-refractivity contribution in [3.63, 3.8) is 0 Å². The molecule has 0 bridgehead atoms. The van der Waals surface area contributed by atoms with Crippen molar-refractivity contribution < 1.29 is 9.59 Å². The first-order valence-electron chi connectivity index (χ1n) is 6.37. The Labute approximate surface area is 112 Å². The van der Waals surface area contributed by atoms with Crippen LogP contribution in [0.15, 0.2) is 18.2 Å². The maximum Gasteiger partial charge on any atom is 0.251 e. The van der Waals surface area contributed by atoms with E-state index in [9.17, 15) is 9.59 Å². The highest BCUT2D eigenvalue weighted by atomic mass is 16.2. The lowest BCUT2D eigenvalue weighted by atomic mass is 9.99. The normalized spacial score (nSPS) is 14.6. The van der Waals surface area contributed by atoms with Crippen LogP contribution in [-0.2, 0) is 11.2 Å². The smallest absolute Gasteiger partial charge is 0.251 e. The summed E-state index contributed by atoms with van der Waals surface area (Å²) in [5, 5.41) is 5.68. The predicted molar refractivity (Wildman–Crippen MR) is 74.0 cm³/mol. The first-order valence-corrected chi connectivity index (χ1v) is 6.37. The van der Waals surface area contributed by atoms with E-state index in [1.165, 1.54) is 0 Å². The van der Waals surface area contributed by atoms with Gasteiger partial charge in [-0.1, -0.05) is 0 Å². The van der Waals surface area contributed by atoms with Crippen molar-refractivity contribution in [2.24, 2.45) is 5.73 Å². The number of anilines is 1. The first-order chi connectivity index (χ1) is 8.91. The van der Waals surface area contributed by atoms with Crippen LogP contribution < -0.4 is 16.4 Å². The molecule has 5 nitrogen and oxygen atoms in total. The van der Waals surface area contributed by atoms with Gasteiger partial charge in [-0.05, 0) is 44.0 Å². The van der Waals surface area contributed by atoms with Gasteiger partial charge < -0.3 is 16.4 Å². The highest BCUT2D eigenvalue weighted by Crippen LogP contribution is 2.23. The minimum Gasteiger partial charge on any atom is -0.346 e. The number of benzene rings is 1. The fourth-order valence-electron chi connectivity index (χ4n) is 1.96. The Balaban J connectivity index is 2.18. The van der Waals surface area contributed by atoms with E-state index in [2.05, 4.69) is 10.6 Å². The standard InChI is InChI=1S/C14H19N3O2/c1-14(2,8-15)17-13(19)10-3-5-11-9(7-10)4-6-12(18)16-11/h3,5,7H,4,6,8,15H2,1-2H3,(H,16,18)(H,17,19). The van der Waals surface area contributed by atoms with Crippen molar-refractivity contribution in [3.8, 4) is 0 Å². The Morgan fingerprint density at radius 1 is 1.42 bits per heavy atom. The van der Waals surface area contributed by atoms with Gasteiger partial charge in [-0.15, -0.1) is 0 Å². The molecule has 0 saturated carbocycles. The van der Waals surface area contributed by atoms with Crippen LogP contribution in [0.1, 0.15) is 36.2 Å². The molecular weight excluding hydrogens is 242 g/mol. The minimum atomic E-state index is -0.429. The van der Waals surface area contributed by atoms with Crippen molar-refractivity contribution >= 4 is 17.5 Å². The predicted octanol–water partition coefficient (Wildman–Crippen LogP) is 1.04. The molecule has 4 N–H and O–H groups in total. The lowest BCUT2D eigenvalue weighted by Gasteiger charge is -2.24. The van der Waals surface area contributed by atoms with Gasteiger partial charge in [-0.3, -0.25) is 9.59 Å². The fraction of sp³-hybridized carbons (Fsp3) is 0.429. The molecule has 5 heteroatoms. The van der Waals surface area contributed by atoms with Crippen molar-refractivity contribution in [2.45, 2.75) is 32.2 Å². The van der Waals surface area contributed by atoms with Gasteiger partial charge in [-0.2, -0.15) is 0 Å². The topological polar surface area (TPSA) is 84.2 Å². The van der Waals surface area contributed by atoms with Crippen LogP contribution in [-0.4, -0.2) is 23.9 Å². The zero-order valence-electron chi connectivity index (χ0n) is 11.2. The monoisotopic (exact) mass is 261 g/mol. The molecule has 0 radical (unpaired) electrons. The van der Waals surface area contributed by atoms with E-state index in [0.29, 0.717) is 24.9 Å². The summed E-state index contributed by atoms with van der Waals surface area (Å²) in [6.07, 6.45) is 1.13. The number of carbonyl (C=O) groups excluding carboxylic acids is 2. The average Bonchev–Trinajstić information content (AvgIpc) is 2.37. The molecular formula is C14H19N3O2. The van der Waals surface area contributed by atoms with Gasteiger partial charge >= 0.3 is 0 Å². The Morgan fingerprint density at radius 3 is 2.84 bits per heavy atom. The number of carbonyl (C=O) groups is 2. The van der Waals surface area contributed by atoms with Gasteiger partial charge in [-0.25, -0.2) is 0 Å². The third kappa shape index (κ3) is 3.12. The quantitative estimate of drug-likeness (QED) is 0.760. The molecule has 0 aliphatic carbocycles. The third-order valence-electron chi connectivity index (χ3n) is 3.23. The Morgan fingerprint density at radius 2 is 2.16 bits per heavy atom. The number of aryl methyl sites for hydroxylation is 1. The second-order valence-corrected chi connectivity index (χ2v) is 5.46. The van der Waals surface area contributed by atoms with E-state index in [4.69, 9.17) is 5.73 Å². The largest absolute Gasteiger partial charge is 0.346 e. The fourth-order valence-corrected chi connectivity index (χ4v) is 1.96. The number of nitrogens with two attached hydrogens (primary N) is 1. The molecule has 102 valence electrons. The van der Waals surface area contributed by atoms with Crippen LogP contribution in [0.3, 0.4) is 0 Å². The molecule has 0 aromatic heterocycles. The van der Waals surface area contributed by atoms with E-state index in [-0.39, 0.29) is 11.8 Å². The zero-order chi connectivity index (χ0) is 14.0. The molecule has 1 heterocycles. The molecule has 1 aromatic carbocycles. The van der Waals surface area contributed by atoms with Crippen molar-refractivity contribution in [3.05, 3.63) is 29.3 Å². The number of nitrogens with one attached hydrogen (secondary N) is 2. The number of hydrogen-bond donors (Lipinski definition) is 3. The minimum absolute atomic E-state index is 0.0222. The van der Waals surface area contributed by atoms with Crippen molar-refractivity contribution in [1.29, 1.82) is 0 Å². The van der Waals surface area contributed by atoms with Gasteiger partial charge in [0.25, 0.3) is 5.91 Å². The Bertz CT molecular complexity index is 523. The van der Waals surface area contributed by atoms with Crippen LogP contribution in [0, 0.1) is 0 Å². The number of amides is 2. The molecule has 0 fully saturated rings. The van der Waals surface area contributed by atoms with Gasteiger partial charge in [0.05, 0.1) is 0 Å². The number of rotatable bonds is 3. The molecule has 0 saturated heterocycles. The second-order valence-electron chi connectivity index (χ2n) is 5.46. The van der Waals surface area contributed by atoms with Crippen LogP contribution in [0.25, 0.3) is 0 Å². The Kier molecular flexibility index (Phi) is 3.57. The SMILES string of the molecule is CC(C)(CN)NC(=O)c1ccc2c(c1)CCC(=O)N2. The van der Waals surface area contributed by atoms with Crippen LogP contribution >= 0.6 is 0 Å². The van der Waals surface area contributed by atoms with E-state index < -0.39 is 5.54 Å². The van der Waals surface area contributed by atoms with E-state index in [1.54, 1.807) is 12.1 Å². The molecule has 1 aliphatic rings. The first kappa shape index (κ1) is 13.5. The summed E-state index contributed by atoms with van der Waals surface area (Å²) in [5.74, 6) is -0.121. The molecule has 0 unspecified atom stereocenters. The van der Waals surface area contributed by atoms with Gasteiger partial charge in [0.15, 0.2) is 0 Å². The molecule has 2 amide bonds. The second kappa shape index (κ2) is 5.01. The summed E-state index contributed by atoms with van der Waals surface area (Å²) in [5.41, 5.74) is 7.56. The van der Waals surface area contributed by atoms with Crippen molar-refractivity contribution in [2.75, 3.05) is 11.9 Å². The maximum absolute atomic E-state index is 12.1. The molecule has 1 aliphatic heterocycles. The van der Waals surface area contributed by atoms with Gasteiger partial charge in [0, 0.05) is 29.8 Å². The molecule has 0 spiro atoms. The summed E-state index contributed by atoms with van der Waals surface area (Å²) in [4.78, 5) is 23.4. The van der Waals surface area contributed by atoms with E-state index in [0.717, 1.165) is 11.3 Å². The maximum atomic E-state index is 12.1. The highest BCUT2D eigenvalue weighted by Gasteiger charge is 2.21. The lowest BCUT2D eigenvalue weighted by Crippen LogP contribution is -2.48. The Hall–Kier alpha value is -1.88. The molecule has 19 heavy (non-hydrogen) atoms. The molecule has 2 rings (SSSR count). The number of hydrogen-bond acceptors (Lipinski definition) is 3. The van der Waals surface area contributed by atoms with E-state index >= 15 is 0 Å². The van der Waals surface area contributed by atoms with Gasteiger partial charge in [0.2, 0.25) is 5.91 Å². The van der Waals surface area contributed by atoms with Crippen LogP contribution in [0.5, 0.6) is 0 Å². The zero-order valence-corrected chi connectivity index (χ0v) is 11.2. The average molecular weight is 261 g/mol. The van der Waals surface area contributed by atoms with Crippen LogP contribution in [0.2, 0.25) is 0 Å². The van der Waals surface area contributed by atoms with Crippen LogP contribution in [0.4, 0.5) is 5.69 Å². The summed E-state index contributed by atoms with van der Waals surface area (Å²) in [6, 6.07) is 5.32. The van der Waals surface area contributed by atoms with E-state index in [1.807, 2.05) is 19.9 Å². The molecule has 1 aromatic rings. The summed E-state index contributed by atoms with van der Waals surface area (Å²) in [7, 11) is 0. The van der Waals surface area contributed by atoms with Gasteiger partial charge in [0.1, 0.15) is 0 Å². The molecule has 0 atom stereocenters. The lowest BCUT2D eigenvalue weighted by molar-refractivity contribution is -0.116. The summed E-state index contributed by atoms with van der Waals surface area (Å²) in [6.45, 7) is 4.13. The summed E-state index contributed by atoms with van der Waals surface area (Å²) < 4.78 is 0. The highest BCUT2D eigenvalue weighted by molar-refractivity contribution is 5.98. The summed E-state index contributed by atoms with van der Waals surface area (Å²) >= 11 is 0. The van der Waals surface area contributed by atoms with Crippen molar-refractivity contribution in [1.82, 2.24) is 5.32 Å².